The van der Waals surface area contributed by atoms with Gasteiger partial charge in [-0.2, -0.15) is 0 Å². The largest absolute Gasteiger partial charge is 0.480 e. The van der Waals surface area contributed by atoms with Crippen LogP contribution in [0.3, 0.4) is 0 Å². The van der Waals surface area contributed by atoms with E-state index in [2.05, 4.69) is 30.2 Å². The third kappa shape index (κ3) is 4.34. The van der Waals surface area contributed by atoms with Crippen LogP contribution in [0.25, 0.3) is 0 Å². The quantitative estimate of drug-likeness (QED) is 0.453. The predicted octanol–water partition coefficient (Wildman–Crippen LogP) is 0.280. The summed E-state index contributed by atoms with van der Waals surface area (Å²) in [6.07, 6.45) is 4.82. The van der Waals surface area contributed by atoms with Crippen LogP contribution in [0.1, 0.15) is 16.1 Å². The van der Waals surface area contributed by atoms with Gasteiger partial charge in [0, 0.05) is 29.5 Å². The molecule has 1 fully saturated rings. The molecule has 5 rings (SSSR count). The van der Waals surface area contributed by atoms with Crippen LogP contribution in [0.2, 0.25) is 0 Å². The lowest BCUT2D eigenvalue weighted by Gasteiger charge is -2.32. The summed E-state index contributed by atoms with van der Waals surface area (Å²) in [7, 11) is 1.45. The third-order valence-corrected chi connectivity index (χ3v) is 7.01. The number of nitrogens with two attached hydrogens (primary N) is 1. The van der Waals surface area contributed by atoms with E-state index in [0.717, 1.165) is 12.4 Å². The molecule has 2 aliphatic heterocycles. The fourth-order valence-electron chi connectivity index (χ4n) is 4.37. The van der Waals surface area contributed by atoms with Crippen LogP contribution in [0.15, 0.2) is 43.0 Å². The SMILES string of the molecule is COc1cnc(C(=O)Nc2ccc(F)c(C34CN(c5ncc(F)cn5)CC3CSC(N)=[NH+]4)c2)cn1. The van der Waals surface area contributed by atoms with Gasteiger partial charge in [-0.1, -0.05) is 0 Å². The zero-order valence-corrected chi connectivity index (χ0v) is 19.4. The number of hydrogen-bond acceptors (Lipinski definition) is 9. The van der Waals surface area contributed by atoms with Gasteiger partial charge < -0.3 is 15.0 Å². The van der Waals surface area contributed by atoms with Gasteiger partial charge in [0.25, 0.3) is 5.91 Å². The molecule has 0 saturated carbocycles. The van der Waals surface area contributed by atoms with E-state index in [9.17, 15) is 9.18 Å². The maximum absolute atomic E-state index is 15.3. The Bertz CT molecular complexity index is 1290. The molecule has 10 nitrogen and oxygen atoms in total. The number of anilines is 2. The van der Waals surface area contributed by atoms with E-state index in [4.69, 9.17) is 10.5 Å². The summed E-state index contributed by atoms with van der Waals surface area (Å²) < 4.78 is 33.6. The molecule has 35 heavy (non-hydrogen) atoms. The fourth-order valence-corrected chi connectivity index (χ4v) is 5.40. The smallest absolute Gasteiger partial charge is 0.302 e. The van der Waals surface area contributed by atoms with Crippen molar-refractivity contribution in [2.75, 3.05) is 36.2 Å². The first-order chi connectivity index (χ1) is 16.9. The summed E-state index contributed by atoms with van der Waals surface area (Å²) >= 11 is 1.45. The van der Waals surface area contributed by atoms with Crippen molar-refractivity contribution in [1.82, 2.24) is 19.9 Å². The molecule has 1 saturated heterocycles. The van der Waals surface area contributed by atoms with Gasteiger partial charge in [0.2, 0.25) is 11.8 Å². The zero-order chi connectivity index (χ0) is 24.6. The number of rotatable bonds is 5. The molecule has 2 unspecified atom stereocenters. The average molecular weight is 500 g/mol. The number of carbonyl (C=O) groups excluding carboxylic acids is 1. The topological polar surface area (TPSA) is 133 Å². The molecular weight excluding hydrogens is 478 g/mol. The van der Waals surface area contributed by atoms with Crippen molar-refractivity contribution in [3.8, 4) is 5.88 Å². The van der Waals surface area contributed by atoms with Crippen LogP contribution < -0.4 is 25.7 Å². The van der Waals surface area contributed by atoms with Crippen LogP contribution in [0.4, 0.5) is 20.4 Å². The lowest BCUT2D eigenvalue weighted by Crippen LogP contribution is -2.91. The molecule has 2 aliphatic rings. The van der Waals surface area contributed by atoms with Gasteiger partial charge in [0.05, 0.1) is 38.4 Å². The second-order valence-corrected chi connectivity index (χ2v) is 9.20. The number of ether oxygens (including phenoxy) is 1. The van der Waals surface area contributed by atoms with Gasteiger partial charge in [-0.15, -0.1) is 0 Å². The highest BCUT2D eigenvalue weighted by Crippen LogP contribution is 2.40. The van der Waals surface area contributed by atoms with Gasteiger partial charge >= 0.3 is 5.17 Å². The Balaban J connectivity index is 1.48. The minimum absolute atomic E-state index is 0.0682. The minimum atomic E-state index is -0.905. The van der Waals surface area contributed by atoms with Crippen LogP contribution in [0.5, 0.6) is 5.88 Å². The standard InChI is InChI=1S/C22H20F2N8O2S/c1-34-18-8-26-17(7-27-18)19(33)30-14-2-3-16(24)15(4-14)22-11-32(21-28-5-13(23)6-29-21)9-12(22)10-35-20(25)31-22/h2-8,12H,9-11H2,1H3,(H2,25,31)(H,30,33)/p+1. The van der Waals surface area contributed by atoms with Crippen LogP contribution in [0, 0.1) is 17.6 Å². The Labute approximate surface area is 203 Å². The number of amidine groups is 1. The first-order valence-corrected chi connectivity index (χ1v) is 11.6. The maximum Gasteiger partial charge on any atom is 0.302 e. The fraction of sp³-hybridized carbons (Fsp3) is 0.273. The summed E-state index contributed by atoms with van der Waals surface area (Å²) in [5.41, 5.74) is 6.04. The number of amides is 1. The number of nitrogens with zero attached hydrogens (tertiary/aromatic N) is 5. The van der Waals surface area contributed by atoms with Gasteiger partial charge in [0.15, 0.2) is 11.4 Å². The highest BCUT2D eigenvalue weighted by Gasteiger charge is 2.54. The van der Waals surface area contributed by atoms with E-state index >= 15 is 4.39 Å². The number of thioether (sulfide) groups is 1. The van der Waals surface area contributed by atoms with E-state index in [0.29, 0.717) is 41.2 Å². The van der Waals surface area contributed by atoms with Crippen LogP contribution >= 0.6 is 11.8 Å². The second-order valence-electron chi connectivity index (χ2n) is 8.14. The summed E-state index contributed by atoms with van der Waals surface area (Å²) in [5, 5.41) is 3.20. The molecule has 180 valence electrons. The van der Waals surface area contributed by atoms with E-state index in [-0.39, 0.29) is 17.5 Å². The molecule has 0 spiro atoms. The number of hydrogen-bond donors (Lipinski definition) is 3. The molecule has 3 aromatic rings. The van der Waals surface area contributed by atoms with Crippen molar-refractivity contribution < 1.29 is 23.3 Å². The third-order valence-electron chi connectivity index (χ3n) is 6.03. The molecule has 4 heterocycles. The first kappa shape index (κ1) is 22.9. The molecule has 2 aromatic heterocycles. The number of aromatic nitrogens is 4. The van der Waals surface area contributed by atoms with Gasteiger partial charge in [-0.25, -0.2) is 28.7 Å². The number of methoxy groups -OCH3 is 1. The van der Waals surface area contributed by atoms with Crippen molar-refractivity contribution in [3.05, 3.63) is 65.9 Å². The summed E-state index contributed by atoms with van der Waals surface area (Å²) in [6.45, 7) is 0.805. The maximum atomic E-state index is 15.3. The first-order valence-electron chi connectivity index (χ1n) is 10.6. The lowest BCUT2D eigenvalue weighted by molar-refractivity contribution is -0.567. The molecule has 1 amide bonds. The molecule has 13 heteroatoms. The average Bonchev–Trinajstić information content (AvgIpc) is 3.25. The van der Waals surface area contributed by atoms with E-state index in [1.807, 2.05) is 4.90 Å². The Morgan fingerprint density at radius 3 is 2.74 bits per heavy atom. The summed E-state index contributed by atoms with van der Waals surface area (Å²) in [5.74, 6) is -0.309. The Morgan fingerprint density at radius 2 is 2.03 bits per heavy atom. The lowest BCUT2D eigenvalue weighted by atomic mass is 9.81. The van der Waals surface area contributed by atoms with Crippen LogP contribution in [-0.4, -0.2) is 57.0 Å². The van der Waals surface area contributed by atoms with Crippen molar-refractivity contribution in [2.24, 2.45) is 11.7 Å². The number of benzene rings is 1. The van der Waals surface area contributed by atoms with E-state index in [1.54, 1.807) is 6.07 Å². The molecule has 0 bridgehead atoms. The van der Waals surface area contributed by atoms with Gasteiger partial charge in [-0.3, -0.25) is 15.5 Å². The predicted molar refractivity (Wildman–Crippen MR) is 125 cm³/mol. The molecular formula is C22H21F2N8O2S+. The van der Waals surface area contributed by atoms with Crippen molar-refractivity contribution in [3.63, 3.8) is 0 Å². The number of nitrogens with one attached hydrogen (secondary N) is 2. The second kappa shape index (κ2) is 9.06. The van der Waals surface area contributed by atoms with E-state index in [1.165, 1.54) is 43.4 Å². The normalized spacial score (nSPS) is 21.3. The van der Waals surface area contributed by atoms with Crippen molar-refractivity contribution in [1.29, 1.82) is 0 Å². The summed E-state index contributed by atoms with van der Waals surface area (Å²) in [4.78, 5) is 34.0. The minimum Gasteiger partial charge on any atom is -0.480 e. The zero-order valence-electron chi connectivity index (χ0n) is 18.5. The highest BCUT2D eigenvalue weighted by atomic mass is 32.2. The summed E-state index contributed by atoms with van der Waals surface area (Å²) in [6, 6.07) is 4.36. The van der Waals surface area contributed by atoms with Crippen molar-refractivity contribution in [2.45, 2.75) is 5.54 Å². The van der Waals surface area contributed by atoms with Gasteiger partial charge in [0.1, 0.15) is 11.5 Å². The molecule has 0 aliphatic carbocycles. The van der Waals surface area contributed by atoms with E-state index < -0.39 is 23.1 Å². The Morgan fingerprint density at radius 1 is 1.23 bits per heavy atom. The molecule has 4 N–H and O–H groups in total. The highest BCUT2D eigenvalue weighted by molar-refractivity contribution is 8.13. The number of carbonyl (C=O) groups is 1. The number of fused-ring (bicyclic) bond motifs is 1. The molecule has 0 radical (unpaired) electrons. The monoisotopic (exact) mass is 499 g/mol. The van der Waals surface area contributed by atoms with Gasteiger partial charge in [-0.05, 0) is 30.0 Å². The van der Waals surface area contributed by atoms with Crippen molar-refractivity contribution >= 4 is 34.5 Å². The molecule has 1 aromatic carbocycles. The Kier molecular flexibility index (Phi) is 5.93. The van der Waals surface area contributed by atoms with Crippen LogP contribution in [-0.2, 0) is 5.54 Å². The Hall–Kier alpha value is -3.87. The molecule has 2 atom stereocenters. The number of halogens is 2.